The van der Waals surface area contributed by atoms with E-state index in [4.69, 9.17) is 0 Å². The van der Waals surface area contributed by atoms with Gasteiger partial charge < -0.3 is 4.18 Å². The lowest BCUT2D eigenvalue weighted by molar-refractivity contribution is -0.0499. The van der Waals surface area contributed by atoms with Gasteiger partial charge >= 0.3 is 15.6 Å². The van der Waals surface area contributed by atoms with Gasteiger partial charge in [0.25, 0.3) is 10.0 Å². The number of halogens is 3. The lowest BCUT2D eigenvalue weighted by atomic mass is 10.1. The second kappa shape index (κ2) is 6.99. The molecule has 0 unspecified atom stereocenters. The van der Waals surface area contributed by atoms with Crippen molar-refractivity contribution in [3.8, 4) is 5.75 Å². The van der Waals surface area contributed by atoms with Gasteiger partial charge in [-0.1, -0.05) is 48.5 Å². The Labute approximate surface area is 175 Å². The molecule has 0 atom stereocenters. The molecule has 0 N–H and O–H groups in total. The van der Waals surface area contributed by atoms with Crippen LogP contribution in [0.25, 0.3) is 21.8 Å². The minimum absolute atomic E-state index is 0.0210. The summed E-state index contributed by atoms with van der Waals surface area (Å²) < 4.78 is 94.8. The average molecular weight is 469 g/mol. The van der Waals surface area contributed by atoms with Gasteiger partial charge in [0.15, 0.2) is 5.75 Å². The van der Waals surface area contributed by atoms with Gasteiger partial charge in [-0.2, -0.15) is 21.6 Å². The quantitative estimate of drug-likeness (QED) is 0.323. The van der Waals surface area contributed by atoms with Crippen LogP contribution in [0.2, 0.25) is 0 Å². The molecule has 31 heavy (non-hydrogen) atoms. The molecule has 0 saturated heterocycles. The normalized spacial score (nSPS) is 13.0. The molecule has 0 aliphatic rings. The number of alkyl halides is 3. The van der Waals surface area contributed by atoms with Crippen molar-refractivity contribution >= 4 is 41.9 Å². The molecule has 0 fully saturated rings. The second-order valence-corrected chi connectivity index (χ2v) is 10.0. The van der Waals surface area contributed by atoms with Crippen LogP contribution in [0.4, 0.5) is 13.2 Å². The molecule has 0 radical (unpaired) electrons. The summed E-state index contributed by atoms with van der Waals surface area (Å²) in [5.74, 6) is -0.703. The van der Waals surface area contributed by atoms with E-state index in [0.29, 0.717) is 5.39 Å². The summed E-state index contributed by atoms with van der Waals surface area (Å²) >= 11 is 0. The molecule has 6 nitrogen and oxygen atoms in total. The smallest absolute Gasteiger partial charge is 0.373 e. The first kappa shape index (κ1) is 21.2. The van der Waals surface area contributed by atoms with E-state index in [9.17, 15) is 30.0 Å². The molecular weight excluding hydrogens is 455 g/mol. The Kier molecular flexibility index (Phi) is 4.78. The Balaban J connectivity index is 2.17. The standard InChI is InChI=1S/C20H14F3NO5S2/c1-13-11-12-16-15-9-5-6-10-17(15)24(30(25,26)14-7-3-2-4-8-14)18(16)19(13)29-31(27,28)20(21,22)23/h2-12H,1H3. The first-order chi connectivity index (χ1) is 14.4. The molecule has 4 aromatic rings. The van der Waals surface area contributed by atoms with Gasteiger partial charge in [-0.25, -0.2) is 12.4 Å². The Morgan fingerprint density at radius 1 is 0.806 bits per heavy atom. The molecule has 3 aromatic carbocycles. The van der Waals surface area contributed by atoms with Crippen LogP contribution >= 0.6 is 0 Å². The van der Waals surface area contributed by atoms with E-state index in [1.807, 2.05) is 0 Å². The molecule has 0 bridgehead atoms. The molecule has 4 rings (SSSR count). The number of rotatable bonds is 4. The highest BCUT2D eigenvalue weighted by Gasteiger charge is 2.49. The van der Waals surface area contributed by atoms with Crippen molar-refractivity contribution in [2.75, 3.05) is 0 Å². The van der Waals surface area contributed by atoms with Crippen LogP contribution in [-0.2, 0) is 20.1 Å². The van der Waals surface area contributed by atoms with Crippen LogP contribution in [0, 0.1) is 6.92 Å². The van der Waals surface area contributed by atoms with Crippen molar-refractivity contribution in [2.24, 2.45) is 0 Å². The van der Waals surface area contributed by atoms with Gasteiger partial charge in [-0.05, 0) is 30.7 Å². The number of aromatic nitrogens is 1. The topological polar surface area (TPSA) is 82.4 Å². The van der Waals surface area contributed by atoms with E-state index in [1.54, 1.807) is 24.3 Å². The fourth-order valence-corrected chi connectivity index (χ4v) is 5.38. The Bertz CT molecular complexity index is 1520. The Morgan fingerprint density at radius 3 is 2.06 bits per heavy atom. The van der Waals surface area contributed by atoms with Crippen molar-refractivity contribution in [1.82, 2.24) is 3.97 Å². The van der Waals surface area contributed by atoms with E-state index in [0.717, 1.165) is 3.97 Å². The lowest BCUT2D eigenvalue weighted by Gasteiger charge is -2.15. The largest absolute Gasteiger partial charge is 0.534 e. The molecule has 0 amide bonds. The molecule has 0 aliphatic carbocycles. The maximum Gasteiger partial charge on any atom is 0.534 e. The average Bonchev–Trinajstić information content (AvgIpc) is 3.05. The van der Waals surface area contributed by atoms with E-state index >= 15 is 0 Å². The maximum absolute atomic E-state index is 13.5. The van der Waals surface area contributed by atoms with Crippen LogP contribution < -0.4 is 4.18 Å². The fraction of sp³-hybridized carbons (Fsp3) is 0.100. The van der Waals surface area contributed by atoms with Crippen LogP contribution in [0.5, 0.6) is 5.75 Å². The number of nitrogens with zero attached hydrogens (tertiary/aromatic N) is 1. The third-order valence-electron chi connectivity index (χ3n) is 4.70. The minimum Gasteiger partial charge on any atom is -0.373 e. The SMILES string of the molecule is Cc1ccc2c3ccccc3n(S(=O)(=O)c3ccccc3)c2c1OS(=O)(=O)C(F)(F)F. The zero-order valence-electron chi connectivity index (χ0n) is 15.8. The van der Waals surface area contributed by atoms with Gasteiger partial charge in [0, 0.05) is 10.8 Å². The van der Waals surface area contributed by atoms with Gasteiger partial charge in [0.2, 0.25) is 0 Å². The molecular formula is C20H14F3NO5S2. The molecule has 0 saturated carbocycles. The van der Waals surface area contributed by atoms with E-state index < -0.39 is 31.4 Å². The highest BCUT2D eigenvalue weighted by atomic mass is 32.2. The van der Waals surface area contributed by atoms with Gasteiger partial charge in [0.1, 0.15) is 5.52 Å². The van der Waals surface area contributed by atoms with Crippen LogP contribution in [0.1, 0.15) is 5.56 Å². The molecule has 1 heterocycles. The van der Waals surface area contributed by atoms with Crippen molar-refractivity contribution in [2.45, 2.75) is 17.3 Å². The summed E-state index contributed by atoms with van der Waals surface area (Å²) in [4.78, 5) is -0.121. The summed E-state index contributed by atoms with van der Waals surface area (Å²) in [5, 5.41) is 0.638. The molecule has 162 valence electrons. The first-order valence-corrected chi connectivity index (χ1v) is 11.6. The van der Waals surface area contributed by atoms with E-state index in [-0.39, 0.29) is 26.9 Å². The van der Waals surface area contributed by atoms with Gasteiger partial charge in [0.05, 0.1) is 10.4 Å². The minimum atomic E-state index is -6.04. The highest BCUT2D eigenvalue weighted by Crippen LogP contribution is 2.41. The Morgan fingerprint density at radius 2 is 1.42 bits per heavy atom. The number of hydrogen-bond acceptors (Lipinski definition) is 5. The summed E-state index contributed by atoms with van der Waals surface area (Å²) in [6.45, 7) is 1.33. The molecule has 0 spiro atoms. The molecule has 0 aliphatic heterocycles. The van der Waals surface area contributed by atoms with E-state index in [2.05, 4.69) is 4.18 Å². The van der Waals surface area contributed by atoms with Crippen molar-refractivity contribution < 1.29 is 34.2 Å². The van der Waals surface area contributed by atoms with Gasteiger partial charge in [-0.3, -0.25) is 0 Å². The van der Waals surface area contributed by atoms with Crippen molar-refractivity contribution in [3.63, 3.8) is 0 Å². The van der Waals surface area contributed by atoms with Crippen LogP contribution in [-0.4, -0.2) is 26.3 Å². The van der Waals surface area contributed by atoms with Crippen LogP contribution in [0.15, 0.2) is 71.6 Å². The first-order valence-electron chi connectivity index (χ1n) is 8.79. The predicted octanol–water partition coefficient (Wildman–Crippen LogP) is 4.57. The van der Waals surface area contributed by atoms with Gasteiger partial charge in [-0.15, -0.1) is 0 Å². The van der Waals surface area contributed by atoms with Crippen molar-refractivity contribution in [1.29, 1.82) is 0 Å². The second-order valence-electron chi connectivity index (χ2n) is 6.69. The predicted molar refractivity (Wildman–Crippen MR) is 109 cm³/mol. The van der Waals surface area contributed by atoms with Crippen LogP contribution in [0.3, 0.4) is 0 Å². The summed E-state index contributed by atoms with van der Waals surface area (Å²) in [6.07, 6.45) is 0. The third-order valence-corrected chi connectivity index (χ3v) is 7.38. The lowest BCUT2D eigenvalue weighted by Crippen LogP contribution is -2.28. The van der Waals surface area contributed by atoms with Crippen molar-refractivity contribution in [3.05, 3.63) is 72.3 Å². The highest BCUT2D eigenvalue weighted by molar-refractivity contribution is 7.90. The number of aryl methyl sites for hydroxylation is 1. The Hall–Kier alpha value is -3.05. The number of hydrogen-bond donors (Lipinski definition) is 0. The fourth-order valence-electron chi connectivity index (χ4n) is 3.30. The monoisotopic (exact) mass is 469 g/mol. The zero-order chi connectivity index (χ0) is 22.6. The number of para-hydroxylation sites is 1. The maximum atomic E-state index is 13.5. The number of benzene rings is 3. The summed E-state index contributed by atoms with van der Waals surface area (Å²) in [5.41, 5.74) is -5.79. The summed E-state index contributed by atoms with van der Waals surface area (Å²) in [6, 6.07) is 16.4. The number of fused-ring (bicyclic) bond motifs is 3. The zero-order valence-corrected chi connectivity index (χ0v) is 17.4. The molecule has 11 heteroatoms. The third kappa shape index (κ3) is 3.33. The van der Waals surface area contributed by atoms with E-state index in [1.165, 1.54) is 49.4 Å². The molecule has 1 aromatic heterocycles. The summed E-state index contributed by atoms with van der Waals surface area (Å²) in [7, 11) is -10.4.